The second kappa shape index (κ2) is 7.74. The monoisotopic (exact) mass is 329 g/mol. The average molecular weight is 329 g/mol. The van der Waals surface area contributed by atoms with Gasteiger partial charge in [0.25, 0.3) is 5.91 Å². The Morgan fingerprint density at radius 2 is 1.71 bits per heavy atom. The summed E-state index contributed by atoms with van der Waals surface area (Å²) in [6.07, 6.45) is 0. The highest BCUT2D eigenvalue weighted by molar-refractivity contribution is 6.03. The second-order valence-electron chi connectivity index (χ2n) is 6.18. The third-order valence-corrected chi connectivity index (χ3v) is 3.34. The summed E-state index contributed by atoms with van der Waals surface area (Å²) in [5.41, 5.74) is 2.59. The van der Waals surface area contributed by atoms with Gasteiger partial charge in [-0.3, -0.25) is 14.7 Å². The number of aromatic amines is 1. The maximum absolute atomic E-state index is 12.2. The molecule has 2 aromatic rings. The Morgan fingerprint density at radius 1 is 1.12 bits per heavy atom. The van der Waals surface area contributed by atoms with E-state index in [1.807, 2.05) is 27.9 Å². The third kappa shape index (κ3) is 4.92. The fourth-order valence-electron chi connectivity index (χ4n) is 2.07. The zero-order chi connectivity index (χ0) is 17.7. The molecule has 1 heterocycles. The Hall–Kier alpha value is -2.67. The fraction of sp³-hybridized carbons (Fsp3) is 0.353. The molecule has 2 amide bonds. The highest BCUT2D eigenvalue weighted by Gasteiger charge is 2.12. The molecule has 0 aliphatic heterocycles. The number of nitrogens with one attached hydrogen (secondary N) is 3. The average Bonchev–Trinajstić information content (AvgIpc) is 2.98. The first-order valence-corrected chi connectivity index (χ1v) is 7.76. The number of carbonyl (C=O) groups excluding carboxylic acids is 2. The van der Waals surface area contributed by atoms with Crippen LogP contribution in [0.25, 0.3) is 0 Å². The molecule has 2 rings (SSSR count). The maximum atomic E-state index is 12.2. The number of benzene rings is 1. The molecule has 0 aliphatic rings. The van der Waals surface area contributed by atoms with Gasteiger partial charge in [-0.15, -0.1) is 0 Å². The van der Waals surface area contributed by atoms with E-state index in [0.717, 1.165) is 5.69 Å². The van der Waals surface area contributed by atoms with Crippen molar-refractivity contribution in [2.75, 3.05) is 31.3 Å². The number of hydrogen-bond acceptors (Lipinski definition) is 4. The molecule has 0 radical (unpaired) electrons. The summed E-state index contributed by atoms with van der Waals surface area (Å²) < 4.78 is 0. The molecule has 3 N–H and O–H groups in total. The Morgan fingerprint density at radius 3 is 2.21 bits per heavy atom. The van der Waals surface area contributed by atoms with Gasteiger partial charge in [-0.1, -0.05) is 13.8 Å². The predicted molar refractivity (Wildman–Crippen MR) is 94.3 cm³/mol. The molecular weight excluding hydrogens is 306 g/mol. The van der Waals surface area contributed by atoms with Gasteiger partial charge in [0.1, 0.15) is 0 Å². The lowest BCUT2D eigenvalue weighted by molar-refractivity contribution is -0.116. The van der Waals surface area contributed by atoms with E-state index in [1.165, 1.54) is 0 Å². The number of H-pyrrole nitrogens is 1. The van der Waals surface area contributed by atoms with Crippen LogP contribution in [0.1, 0.15) is 35.9 Å². The zero-order valence-electron chi connectivity index (χ0n) is 14.4. The van der Waals surface area contributed by atoms with Crippen LogP contribution in [0.3, 0.4) is 0 Å². The second-order valence-corrected chi connectivity index (χ2v) is 6.18. The van der Waals surface area contributed by atoms with Crippen molar-refractivity contribution in [2.24, 2.45) is 0 Å². The molecule has 0 unspecified atom stereocenters. The molecule has 0 saturated heterocycles. The van der Waals surface area contributed by atoms with Crippen LogP contribution in [0.2, 0.25) is 0 Å². The first-order chi connectivity index (χ1) is 11.3. The third-order valence-electron chi connectivity index (χ3n) is 3.34. The molecular formula is C17H23N5O2. The number of rotatable bonds is 6. The van der Waals surface area contributed by atoms with Gasteiger partial charge in [-0.25, -0.2) is 0 Å². The molecule has 1 aromatic heterocycles. The maximum Gasteiger partial charge on any atom is 0.276 e. The Bertz CT molecular complexity index is 704. The minimum atomic E-state index is -0.275. The number of nitrogens with zero attached hydrogens (tertiary/aromatic N) is 2. The first-order valence-electron chi connectivity index (χ1n) is 7.76. The number of amides is 2. The molecule has 24 heavy (non-hydrogen) atoms. The van der Waals surface area contributed by atoms with Gasteiger partial charge in [-0.2, -0.15) is 5.10 Å². The van der Waals surface area contributed by atoms with Crippen LogP contribution in [0.15, 0.2) is 30.3 Å². The quantitative estimate of drug-likeness (QED) is 0.758. The van der Waals surface area contributed by atoms with Crippen molar-refractivity contribution in [3.05, 3.63) is 41.7 Å². The number of carbonyl (C=O) groups is 2. The number of anilines is 2. The molecule has 7 heteroatoms. The van der Waals surface area contributed by atoms with E-state index in [2.05, 4.69) is 20.8 Å². The zero-order valence-corrected chi connectivity index (χ0v) is 14.4. The van der Waals surface area contributed by atoms with Crippen LogP contribution in [-0.2, 0) is 4.79 Å². The summed E-state index contributed by atoms with van der Waals surface area (Å²) >= 11 is 0. The molecule has 1 aromatic carbocycles. The molecule has 0 fully saturated rings. The van der Waals surface area contributed by atoms with Crippen molar-refractivity contribution < 1.29 is 9.59 Å². The van der Waals surface area contributed by atoms with E-state index in [-0.39, 0.29) is 17.7 Å². The summed E-state index contributed by atoms with van der Waals surface area (Å²) in [7, 11) is 3.66. The highest BCUT2D eigenvalue weighted by Crippen LogP contribution is 2.16. The van der Waals surface area contributed by atoms with E-state index in [0.29, 0.717) is 23.6 Å². The Kier molecular flexibility index (Phi) is 5.70. The van der Waals surface area contributed by atoms with Gasteiger partial charge in [0.15, 0.2) is 5.69 Å². The van der Waals surface area contributed by atoms with Crippen molar-refractivity contribution in [1.82, 2.24) is 15.1 Å². The summed E-state index contributed by atoms with van der Waals surface area (Å²) in [4.78, 5) is 25.6. The van der Waals surface area contributed by atoms with E-state index >= 15 is 0 Å². The van der Waals surface area contributed by atoms with Gasteiger partial charge in [0.05, 0.1) is 6.54 Å². The normalized spacial score (nSPS) is 10.9. The lowest BCUT2D eigenvalue weighted by Crippen LogP contribution is -2.27. The number of aromatic nitrogens is 2. The Labute approximate surface area is 141 Å². The van der Waals surface area contributed by atoms with Crippen molar-refractivity contribution in [1.29, 1.82) is 0 Å². The van der Waals surface area contributed by atoms with Gasteiger partial charge >= 0.3 is 0 Å². The van der Waals surface area contributed by atoms with E-state index in [4.69, 9.17) is 0 Å². The molecule has 128 valence electrons. The lowest BCUT2D eigenvalue weighted by Gasteiger charge is -2.10. The summed E-state index contributed by atoms with van der Waals surface area (Å²) in [6.45, 7) is 4.37. The van der Waals surface area contributed by atoms with E-state index < -0.39 is 0 Å². The first kappa shape index (κ1) is 17.7. The van der Waals surface area contributed by atoms with E-state index in [1.54, 1.807) is 35.2 Å². The SMILES string of the molecule is CC(C)c1cc(C(=O)Nc2ccc(NC(=O)CN(C)C)cc2)n[nH]1. The van der Waals surface area contributed by atoms with Crippen LogP contribution in [-0.4, -0.2) is 47.6 Å². The van der Waals surface area contributed by atoms with Gasteiger partial charge < -0.3 is 15.5 Å². The summed E-state index contributed by atoms with van der Waals surface area (Å²) in [5, 5.41) is 12.4. The molecule has 0 atom stereocenters. The van der Waals surface area contributed by atoms with Crippen LogP contribution < -0.4 is 10.6 Å². The van der Waals surface area contributed by atoms with Gasteiger partial charge in [0.2, 0.25) is 5.91 Å². The lowest BCUT2D eigenvalue weighted by atomic mass is 10.1. The fourth-order valence-corrected chi connectivity index (χ4v) is 2.07. The van der Waals surface area contributed by atoms with Crippen molar-refractivity contribution in [3.8, 4) is 0 Å². The van der Waals surface area contributed by atoms with Crippen molar-refractivity contribution in [2.45, 2.75) is 19.8 Å². The van der Waals surface area contributed by atoms with Crippen LogP contribution in [0.4, 0.5) is 11.4 Å². The molecule has 0 bridgehead atoms. The van der Waals surface area contributed by atoms with Crippen LogP contribution >= 0.6 is 0 Å². The van der Waals surface area contributed by atoms with Crippen LogP contribution in [0.5, 0.6) is 0 Å². The minimum absolute atomic E-state index is 0.0884. The predicted octanol–water partition coefficient (Wildman–Crippen LogP) is 2.29. The number of likely N-dealkylation sites (N-methyl/N-ethyl adjacent to an activating group) is 1. The summed E-state index contributed by atoms with van der Waals surface area (Å²) in [6, 6.07) is 8.70. The highest BCUT2D eigenvalue weighted by atomic mass is 16.2. The van der Waals surface area contributed by atoms with E-state index in [9.17, 15) is 9.59 Å². The molecule has 0 saturated carbocycles. The summed E-state index contributed by atoms with van der Waals surface area (Å²) in [5.74, 6) is -0.0822. The smallest absolute Gasteiger partial charge is 0.276 e. The van der Waals surface area contributed by atoms with Crippen molar-refractivity contribution in [3.63, 3.8) is 0 Å². The van der Waals surface area contributed by atoms with Crippen molar-refractivity contribution >= 4 is 23.2 Å². The molecule has 0 spiro atoms. The number of hydrogen-bond donors (Lipinski definition) is 3. The minimum Gasteiger partial charge on any atom is -0.325 e. The molecule has 0 aliphatic carbocycles. The topological polar surface area (TPSA) is 90.1 Å². The largest absolute Gasteiger partial charge is 0.325 e. The van der Waals surface area contributed by atoms with Gasteiger partial charge in [-0.05, 0) is 50.3 Å². The van der Waals surface area contributed by atoms with Gasteiger partial charge in [0, 0.05) is 17.1 Å². The molecule has 7 nitrogen and oxygen atoms in total. The van der Waals surface area contributed by atoms with Crippen LogP contribution in [0, 0.1) is 0 Å². The standard InChI is InChI=1S/C17H23N5O2/c1-11(2)14-9-15(21-20-14)17(24)19-13-7-5-12(6-8-13)18-16(23)10-22(3)4/h5-9,11H,10H2,1-4H3,(H,18,23)(H,19,24)(H,20,21). The Balaban J connectivity index is 1.95.